The van der Waals surface area contributed by atoms with Crippen LogP contribution in [0.15, 0.2) is 48.5 Å². The SMILES string of the molecule is C[C@H](Nc1ccc(C(C)(C)C)cc1)C(=O)Nc1ccccc1C#N. The quantitative estimate of drug-likeness (QED) is 0.882. The van der Waals surface area contributed by atoms with E-state index in [0.29, 0.717) is 11.3 Å². The standard InChI is InChI=1S/C20H23N3O/c1-14(19(24)23-18-8-6-5-7-15(18)13-21)22-17-11-9-16(10-12-17)20(2,3)4/h5-12,14,22H,1-4H3,(H,23,24)/t14-/m0/s1. The number of hydrogen-bond donors (Lipinski definition) is 2. The minimum absolute atomic E-state index is 0.0997. The molecule has 0 fully saturated rings. The number of carbonyl (C=O) groups is 1. The Labute approximate surface area is 143 Å². The summed E-state index contributed by atoms with van der Waals surface area (Å²) in [5.74, 6) is -0.183. The Kier molecular flexibility index (Phi) is 5.25. The molecular formula is C20H23N3O. The van der Waals surface area contributed by atoms with Crippen molar-refractivity contribution in [1.82, 2.24) is 0 Å². The third kappa shape index (κ3) is 4.36. The van der Waals surface area contributed by atoms with Crippen LogP contribution in [0.5, 0.6) is 0 Å². The Balaban J connectivity index is 2.03. The average molecular weight is 321 g/mol. The molecule has 0 aromatic heterocycles. The summed E-state index contributed by atoms with van der Waals surface area (Å²) in [5.41, 5.74) is 3.21. The highest BCUT2D eigenvalue weighted by atomic mass is 16.2. The molecule has 2 N–H and O–H groups in total. The van der Waals surface area contributed by atoms with Crippen LogP contribution in [-0.4, -0.2) is 11.9 Å². The Hall–Kier alpha value is -2.80. The summed E-state index contributed by atoms with van der Waals surface area (Å²) < 4.78 is 0. The fourth-order valence-corrected chi connectivity index (χ4v) is 2.31. The monoisotopic (exact) mass is 321 g/mol. The van der Waals surface area contributed by atoms with Gasteiger partial charge in [-0.25, -0.2) is 0 Å². The zero-order chi connectivity index (χ0) is 17.7. The van der Waals surface area contributed by atoms with Crippen LogP contribution in [0.3, 0.4) is 0 Å². The maximum absolute atomic E-state index is 12.3. The van der Waals surface area contributed by atoms with E-state index in [1.165, 1.54) is 5.56 Å². The number of amides is 1. The van der Waals surface area contributed by atoms with Crippen molar-refractivity contribution in [3.8, 4) is 6.07 Å². The molecule has 0 saturated carbocycles. The lowest BCUT2D eigenvalue weighted by molar-refractivity contribution is -0.116. The molecule has 0 bridgehead atoms. The molecule has 2 aromatic carbocycles. The van der Waals surface area contributed by atoms with E-state index in [0.717, 1.165) is 5.69 Å². The third-order valence-electron chi connectivity index (χ3n) is 3.83. The lowest BCUT2D eigenvalue weighted by atomic mass is 9.87. The van der Waals surface area contributed by atoms with Gasteiger partial charge < -0.3 is 10.6 Å². The molecule has 24 heavy (non-hydrogen) atoms. The molecular weight excluding hydrogens is 298 g/mol. The van der Waals surface area contributed by atoms with Gasteiger partial charge in [-0.3, -0.25) is 4.79 Å². The molecule has 0 unspecified atom stereocenters. The van der Waals surface area contributed by atoms with Crippen molar-refractivity contribution >= 4 is 17.3 Å². The van der Waals surface area contributed by atoms with Crippen molar-refractivity contribution in [2.75, 3.05) is 10.6 Å². The number of nitrogens with zero attached hydrogens (tertiary/aromatic N) is 1. The van der Waals surface area contributed by atoms with Crippen LogP contribution in [0, 0.1) is 11.3 Å². The molecule has 124 valence electrons. The van der Waals surface area contributed by atoms with Gasteiger partial charge in [0.05, 0.1) is 11.3 Å². The van der Waals surface area contributed by atoms with Crippen LogP contribution >= 0.6 is 0 Å². The van der Waals surface area contributed by atoms with Crippen molar-refractivity contribution in [1.29, 1.82) is 5.26 Å². The summed E-state index contributed by atoms with van der Waals surface area (Å²) in [4.78, 5) is 12.3. The summed E-state index contributed by atoms with van der Waals surface area (Å²) in [6, 6.07) is 16.7. The number of anilines is 2. The van der Waals surface area contributed by atoms with Crippen molar-refractivity contribution in [3.05, 3.63) is 59.7 Å². The molecule has 0 spiro atoms. The molecule has 0 aliphatic carbocycles. The number of hydrogen-bond acceptors (Lipinski definition) is 3. The van der Waals surface area contributed by atoms with Crippen molar-refractivity contribution in [2.24, 2.45) is 0 Å². The van der Waals surface area contributed by atoms with Crippen LogP contribution in [0.2, 0.25) is 0 Å². The van der Waals surface area contributed by atoms with Gasteiger partial charge in [0.15, 0.2) is 0 Å². The summed E-state index contributed by atoms with van der Waals surface area (Å²) in [6.07, 6.45) is 0. The van der Waals surface area contributed by atoms with Crippen LogP contribution in [0.25, 0.3) is 0 Å². The number of rotatable bonds is 4. The number of carbonyl (C=O) groups excluding carboxylic acids is 1. The number of nitrogens with one attached hydrogen (secondary N) is 2. The highest BCUT2D eigenvalue weighted by Gasteiger charge is 2.16. The molecule has 0 aliphatic rings. The summed E-state index contributed by atoms with van der Waals surface area (Å²) in [7, 11) is 0. The second-order valence-corrected chi connectivity index (χ2v) is 6.84. The van der Waals surface area contributed by atoms with E-state index in [9.17, 15) is 4.79 Å². The first-order valence-electron chi connectivity index (χ1n) is 7.98. The zero-order valence-electron chi connectivity index (χ0n) is 14.6. The van der Waals surface area contributed by atoms with E-state index in [-0.39, 0.29) is 11.3 Å². The Morgan fingerprint density at radius 3 is 2.29 bits per heavy atom. The molecule has 4 heteroatoms. The van der Waals surface area contributed by atoms with E-state index in [4.69, 9.17) is 5.26 Å². The van der Waals surface area contributed by atoms with Gasteiger partial charge in [-0.05, 0) is 42.2 Å². The molecule has 0 radical (unpaired) electrons. The molecule has 1 atom stereocenters. The van der Waals surface area contributed by atoms with Crippen molar-refractivity contribution < 1.29 is 4.79 Å². The zero-order valence-corrected chi connectivity index (χ0v) is 14.6. The van der Waals surface area contributed by atoms with Crippen LogP contribution in [0.1, 0.15) is 38.8 Å². The van der Waals surface area contributed by atoms with Gasteiger partial charge in [0.1, 0.15) is 12.1 Å². The predicted octanol–water partition coefficient (Wildman–Crippen LogP) is 4.29. The van der Waals surface area contributed by atoms with E-state index in [1.54, 1.807) is 31.2 Å². The second kappa shape index (κ2) is 7.18. The Bertz CT molecular complexity index is 752. The Morgan fingerprint density at radius 2 is 1.71 bits per heavy atom. The smallest absolute Gasteiger partial charge is 0.246 e. The predicted molar refractivity (Wildman–Crippen MR) is 98.0 cm³/mol. The summed E-state index contributed by atoms with van der Waals surface area (Å²) in [5, 5.41) is 15.1. The van der Waals surface area contributed by atoms with Crippen molar-refractivity contribution in [3.63, 3.8) is 0 Å². The van der Waals surface area contributed by atoms with Gasteiger partial charge in [-0.15, -0.1) is 0 Å². The number of para-hydroxylation sites is 1. The van der Waals surface area contributed by atoms with Crippen LogP contribution in [0.4, 0.5) is 11.4 Å². The van der Waals surface area contributed by atoms with Crippen LogP contribution in [-0.2, 0) is 10.2 Å². The highest BCUT2D eigenvalue weighted by molar-refractivity contribution is 5.97. The summed E-state index contributed by atoms with van der Waals surface area (Å²) in [6.45, 7) is 8.29. The van der Waals surface area contributed by atoms with E-state index in [1.807, 2.05) is 12.1 Å². The minimum Gasteiger partial charge on any atom is -0.374 e. The fraction of sp³-hybridized carbons (Fsp3) is 0.300. The fourth-order valence-electron chi connectivity index (χ4n) is 2.31. The maximum Gasteiger partial charge on any atom is 0.246 e. The topological polar surface area (TPSA) is 64.9 Å². The van der Waals surface area contributed by atoms with E-state index < -0.39 is 6.04 Å². The van der Waals surface area contributed by atoms with Crippen LogP contribution < -0.4 is 10.6 Å². The molecule has 0 saturated heterocycles. The highest BCUT2D eigenvalue weighted by Crippen LogP contribution is 2.23. The normalized spacial score (nSPS) is 12.1. The summed E-state index contributed by atoms with van der Waals surface area (Å²) >= 11 is 0. The molecule has 4 nitrogen and oxygen atoms in total. The van der Waals surface area contributed by atoms with Crippen molar-refractivity contribution in [2.45, 2.75) is 39.2 Å². The first kappa shape index (κ1) is 17.6. The lowest BCUT2D eigenvalue weighted by Gasteiger charge is -2.20. The molecule has 0 aliphatic heterocycles. The van der Waals surface area contributed by atoms with Gasteiger partial charge in [-0.2, -0.15) is 5.26 Å². The van der Waals surface area contributed by atoms with Gasteiger partial charge in [0, 0.05) is 5.69 Å². The van der Waals surface area contributed by atoms with E-state index >= 15 is 0 Å². The third-order valence-corrected chi connectivity index (χ3v) is 3.83. The molecule has 0 heterocycles. The Morgan fingerprint density at radius 1 is 1.08 bits per heavy atom. The molecule has 1 amide bonds. The van der Waals surface area contributed by atoms with Gasteiger partial charge in [0.2, 0.25) is 5.91 Å². The minimum atomic E-state index is -0.419. The first-order chi connectivity index (χ1) is 11.3. The second-order valence-electron chi connectivity index (χ2n) is 6.84. The molecule has 2 aromatic rings. The van der Waals surface area contributed by atoms with Gasteiger partial charge in [0.25, 0.3) is 0 Å². The van der Waals surface area contributed by atoms with E-state index in [2.05, 4.69) is 49.6 Å². The number of benzene rings is 2. The van der Waals surface area contributed by atoms with Gasteiger partial charge >= 0.3 is 0 Å². The first-order valence-corrected chi connectivity index (χ1v) is 7.98. The van der Waals surface area contributed by atoms with Gasteiger partial charge in [-0.1, -0.05) is 45.0 Å². The molecule has 2 rings (SSSR count). The lowest BCUT2D eigenvalue weighted by Crippen LogP contribution is -2.32. The average Bonchev–Trinajstić information content (AvgIpc) is 2.55. The number of nitriles is 1. The largest absolute Gasteiger partial charge is 0.374 e. The maximum atomic E-state index is 12.3.